The van der Waals surface area contributed by atoms with E-state index in [4.69, 9.17) is 0 Å². The second-order valence-electron chi connectivity index (χ2n) is 14.1. The third-order valence-corrected chi connectivity index (χ3v) is 10.4. The van der Waals surface area contributed by atoms with Crippen LogP contribution in [0.2, 0.25) is 0 Å². The van der Waals surface area contributed by atoms with Gasteiger partial charge in [-0.25, -0.2) is 0 Å². The van der Waals surface area contributed by atoms with Gasteiger partial charge >= 0.3 is 0 Å². The second-order valence-corrected chi connectivity index (χ2v) is 14.1. The van der Waals surface area contributed by atoms with Gasteiger partial charge < -0.3 is 9.80 Å². The number of hydrogen-bond donors (Lipinski definition) is 0. The lowest BCUT2D eigenvalue weighted by molar-refractivity contribution is 1.27. The Morgan fingerprint density at radius 3 is 1.32 bits per heavy atom. The van der Waals surface area contributed by atoms with Crippen LogP contribution in [0.1, 0.15) is 16.7 Å². The van der Waals surface area contributed by atoms with Crippen LogP contribution >= 0.6 is 0 Å². The minimum absolute atomic E-state index is 1.11. The molecule has 2 heteroatoms. The Kier molecular flexibility index (Phi) is 8.21. The zero-order valence-corrected chi connectivity index (χ0v) is 30.3. The van der Waals surface area contributed by atoms with Gasteiger partial charge in [-0.15, -0.1) is 0 Å². The molecular weight excluding hydrogens is 641 g/mol. The summed E-state index contributed by atoms with van der Waals surface area (Å²) in [5.74, 6) is 0. The second kappa shape index (κ2) is 13.5. The largest absolute Gasteiger partial charge is 0.310 e. The molecular formula is C51H40N2. The third-order valence-electron chi connectivity index (χ3n) is 10.4. The van der Waals surface area contributed by atoms with E-state index in [1.54, 1.807) is 0 Å². The predicted octanol–water partition coefficient (Wildman–Crippen LogP) is 14.7. The number of fused-ring (bicyclic) bond motifs is 3. The highest BCUT2D eigenvalue weighted by Gasteiger charge is 2.24. The molecule has 0 unspecified atom stereocenters. The molecule has 0 aliphatic carbocycles. The van der Waals surface area contributed by atoms with Crippen molar-refractivity contribution in [1.82, 2.24) is 0 Å². The van der Waals surface area contributed by atoms with Gasteiger partial charge in [-0.3, -0.25) is 0 Å². The van der Waals surface area contributed by atoms with Crippen LogP contribution in [0.15, 0.2) is 188 Å². The van der Waals surface area contributed by atoms with Crippen molar-refractivity contribution >= 4 is 66.4 Å². The normalized spacial score (nSPS) is 11.3. The Hall–Kier alpha value is -6.64. The number of aryl methyl sites for hydroxylation is 3. The summed E-state index contributed by atoms with van der Waals surface area (Å²) in [5, 5.41) is 7.23. The maximum Gasteiger partial charge on any atom is 0.0618 e. The van der Waals surface area contributed by atoms with E-state index in [9.17, 15) is 0 Å². The van der Waals surface area contributed by atoms with Crippen LogP contribution < -0.4 is 9.80 Å². The van der Waals surface area contributed by atoms with Gasteiger partial charge in [0.25, 0.3) is 0 Å². The highest BCUT2D eigenvalue weighted by molar-refractivity contribution is 6.14. The maximum absolute atomic E-state index is 2.49. The van der Waals surface area contributed by atoms with Crippen molar-refractivity contribution in [2.75, 3.05) is 9.80 Å². The van der Waals surface area contributed by atoms with Crippen LogP contribution in [-0.4, -0.2) is 0 Å². The molecule has 53 heavy (non-hydrogen) atoms. The standard InChI is InChI=1S/C51H40N2/c1-35-17-24-42(25-18-35)52(43-26-19-36(2)20-27-43)49-31-32-50(47-16-10-9-15-46(47)49)53(44-28-21-37(3)22-29-44)51-45(38-11-5-4-6-12-38)30-23-41-33-39-13-7-8-14-40(39)34-48(41)51/h4-34H,1-3H3. The molecule has 0 fully saturated rings. The van der Waals surface area contributed by atoms with Crippen LogP contribution in [0, 0.1) is 20.8 Å². The van der Waals surface area contributed by atoms with Crippen molar-refractivity contribution in [3.05, 3.63) is 205 Å². The molecule has 0 N–H and O–H groups in total. The van der Waals surface area contributed by atoms with Crippen molar-refractivity contribution in [2.24, 2.45) is 0 Å². The zero-order chi connectivity index (χ0) is 35.9. The van der Waals surface area contributed by atoms with Gasteiger partial charge in [0.2, 0.25) is 0 Å². The first-order chi connectivity index (χ1) is 26.0. The quantitative estimate of drug-likeness (QED) is 0.155. The first-order valence-electron chi connectivity index (χ1n) is 18.3. The molecule has 0 spiro atoms. The van der Waals surface area contributed by atoms with Crippen LogP contribution in [0.3, 0.4) is 0 Å². The van der Waals surface area contributed by atoms with E-state index < -0.39 is 0 Å². The Morgan fingerprint density at radius 1 is 0.321 bits per heavy atom. The molecule has 0 bridgehead atoms. The Balaban J connectivity index is 1.36. The summed E-state index contributed by atoms with van der Waals surface area (Å²) in [6, 6.07) is 68.9. The van der Waals surface area contributed by atoms with E-state index in [-0.39, 0.29) is 0 Å². The zero-order valence-electron chi connectivity index (χ0n) is 30.3. The predicted molar refractivity (Wildman–Crippen MR) is 228 cm³/mol. The Bertz CT molecular complexity index is 2680. The van der Waals surface area contributed by atoms with Crippen molar-refractivity contribution < 1.29 is 0 Å². The van der Waals surface area contributed by atoms with Crippen molar-refractivity contribution in [2.45, 2.75) is 20.8 Å². The first-order valence-corrected chi connectivity index (χ1v) is 18.3. The van der Waals surface area contributed by atoms with Crippen LogP contribution in [0.4, 0.5) is 34.1 Å². The molecule has 0 atom stereocenters. The van der Waals surface area contributed by atoms with Gasteiger partial charge in [-0.2, -0.15) is 0 Å². The molecule has 0 saturated heterocycles. The fourth-order valence-electron chi connectivity index (χ4n) is 7.64. The van der Waals surface area contributed by atoms with Gasteiger partial charge in [0.1, 0.15) is 0 Å². The number of hydrogen-bond acceptors (Lipinski definition) is 2. The third kappa shape index (κ3) is 5.99. The van der Waals surface area contributed by atoms with Gasteiger partial charge in [-0.1, -0.05) is 144 Å². The summed E-state index contributed by atoms with van der Waals surface area (Å²) in [7, 11) is 0. The molecule has 9 aromatic carbocycles. The summed E-state index contributed by atoms with van der Waals surface area (Å²) in [5.41, 5.74) is 12.9. The molecule has 0 radical (unpaired) electrons. The van der Waals surface area contributed by atoms with Crippen LogP contribution in [0.25, 0.3) is 43.4 Å². The van der Waals surface area contributed by atoms with E-state index in [1.165, 1.54) is 60.1 Å². The molecule has 0 amide bonds. The lowest BCUT2D eigenvalue weighted by Gasteiger charge is -2.32. The Labute approximate surface area is 311 Å². The summed E-state index contributed by atoms with van der Waals surface area (Å²) < 4.78 is 0. The Morgan fingerprint density at radius 2 is 0.774 bits per heavy atom. The molecule has 254 valence electrons. The van der Waals surface area contributed by atoms with Crippen LogP contribution in [0.5, 0.6) is 0 Å². The molecule has 0 aliphatic heterocycles. The van der Waals surface area contributed by atoms with Crippen molar-refractivity contribution in [3.63, 3.8) is 0 Å². The number of benzene rings is 9. The lowest BCUT2D eigenvalue weighted by atomic mass is 9.94. The average molecular weight is 681 g/mol. The molecule has 0 aliphatic rings. The van der Waals surface area contributed by atoms with Crippen molar-refractivity contribution in [1.29, 1.82) is 0 Å². The fraction of sp³-hybridized carbons (Fsp3) is 0.0588. The molecule has 9 rings (SSSR count). The van der Waals surface area contributed by atoms with Gasteiger partial charge in [0, 0.05) is 38.8 Å². The van der Waals surface area contributed by atoms with E-state index >= 15 is 0 Å². The van der Waals surface area contributed by atoms with Gasteiger partial charge in [0.15, 0.2) is 0 Å². The molecule has 0 aromatic heterocycles. The smallest absolute Gasteiger partial charge is 0.0618 e. The number of anilines is 6. The molecule has 0 heterocycles. The highest BCUT2D eigenvalue weighted by atomic mass is 15.2. The van der Waals surface area contributed by atoms with E-state index in [1.807, 2.05) is 0 Å². The van der Waals surface area contributed by atoms with E-state index in [2.05, 4.69) is 219 Å². The fourth-order valence-corrected chi connectivity index (χ4v) is 7.64. The molecule has 9 aromatic rings. The monoisotopic (exact) mass is 680 g/mol. The molecule has 0 saturated carbocycles. The maximum atomic E-state index is 2.49. The van der Waals surface area contributed by atoms with Crippen LogP contribution in [-0.2, 0) is 0 Å². The summed E-state index contributed by atoms with van der Waals surface area (Å²) in [6.45, 7) is 6.44. The van der Waals surface area contributed by atoms with Gasteiger partial charge in [-0.05, 0) is 103 Å². The van der Waals surface area contributed by atoms with Crippen molar-refractivity contribution in [3.8, 4) is 11.1 Å². The topological polar surface area (TPSA) is 6.48 Å². The highest BCUT2D eigenvalue weighted by Crippen LogP contribution is 2.50. The van der Waals surface area contributed by atoms with E-state index in [0.717, 1.165) is 34.1 Å². The number of nitrogens with zero attached hydrogens (tertiary/aromatic N) is 2. The minimum Gasteiger partial charge on any atom is -0.310 e. The van der Waals surface area contributed by atoms with Gasteiger partial charge in [0.05, 0.1) is 17.1 Å². The minimum atomic E-state index is 1.11. The van der Waals surface area contributed by atoms with E-state index in [0.29, 0.717) is 0 Å². The average Bonchev–Trinajstić information content (AvgIpc) is 3.20. The SMILES string of the molecule is Cc1ccc(N(c2ccc(C)cc2)c2ccc(N(c3ccc(C)cc3)c3c(-c4ccccc4)ccc4cc5ccccc5cc34)c3ccccc23)cc1. The lowest BCUT2D eigenvalue weighted by Crippen LogP contribution is -2.14. The summed E-state index contributed by atoms with van der Waals surface area (Å²) in [4.78, 5) is 4.88. The number of rotatable bonds is 7. The molecule has 2 nitrogen and oxygen atoms in total. The summed E-state index contributed by atoms with van der Waals surface area (Å²) >= 11 is 0. The first kappa shape index (κ1) is 32.3. The summed E-state index contributed by atoms with van der Waals surface area (Å²) in [6.07, 6.45) is 0.